The fraction of sp³-hybridized carbons (Fsp3) is 0.346. The molecule has 4 N–H and O–H groups in total. The predicted octanol–water partition coefficient (Wildman–Crippen LogP) is 3.78. The maximum atomic E-state index is 13.3. The molecule has 2 heterocycles. The Hall–Kier alpha value is -3.65. The van der Waals surface area contributed by atoms with Crippen LogP contribution in [-0.4, -0.2) is 41.4 Å². The summed E-state index contributed by atoms with van der Waals surface area (Å²) in [5.41, 5.74) is 8.95. The number of piperidine rings is 1. The average molecular weight is 463 g/mol. The Balaban J connectivity index is 1.90. The number of nitrogens with zero attached hydrogens (tertiary/aromatic N) is 2. The molecule has 0 spiro atoms. The number of urea groups is 1. The van der Waals surface area contributed by atoms with Gasteiger partial charge in [0, 0.05) is 24.1 Å². The molecular weight excluding hydrogens is 432 g/mol. The highest BCUT2D eigenvalue weighted by Crippen LogP contribution is 2.39. The summed E-state index contributed by atoms with van der Waals surface area (Å²) in [4.78, 5) is 27.0. The summed E-state index contributed by atoms with van der Waals surface area (Å²) in [7, 11) is 0. The molecular formula is C26H30N4O4. The van der Waals surface area contributed by atoms with E-state index in [-0.39, 0.29) is 17.2 Å². The van der Waals surface area contributed by atoms with Crippen molar-refractivity contribution in [3.63, 3.8) is 0 Å². The number of hydrogen-bond acceptors (Lipinski definition) is 6. The maximum absolute atomic E-state index is 13.3. The number of fused-ring (bicyclic) bond motifs is 1. The van der Waals surface area contributed by atoms with Crippen LogP contribution in [0.4, 0.5) is 4.79 Å². The third kappa shape index (κ3) is 5.12. The van der Waals surface area contributed by atoms with Crippen molar-refractivity contribution in [3.05, 3.63) is 76.1 Å². The number of likely N-dealkylation sites (tertiary alicyclic amines) is 1. The van der Waals surface area contributed by atoms with Crippen LogP contribution >= 0.6 is 0 Å². The molecule has 1 aromatic heterocycles. The van der Waals surface area contributed by atoms with Crippen LogP contribution in [-0.2, 0) is 0 Å². The number of carbonyl (C=O) groups excluding carboxylic acids is 1. The highest BCUT2D eigenvalue weighted by molar-refractivity contribution is 5.89. The van der Waals surface area contributed by atoms with E-state index in [4.69, 9.17) is 10.2 Å². The lowest BCUT2D eigenvalue weighted by Crippen LogP contribution is -2.40. The Morgan fingerprint density at radius 1 is 1.12 bits per heavy atom. The number of carbonyl (C=O) groups is 1. The minimum Gasteiger partial charge on any atom is -0.507 e. The molecule has 2 amide bonds. The molecule has 3 aromatic rings. The molecule has 178 valence electrons. The van der Waals surface area contributed by atoms with Crippen LogP contribution in [0.1, 0.15) is 43.2 Å². The van der Waals surface area contributed by atoms with E-state index in [1.807, 2.05) is 30.3 Å². The third-order valence-corrected chi connectivity index (χ3v) is 6.47. The van der Waals surface area contributed by atoms with Crippen LogP contribution in [0.25, 0.3) is 11.0 Å². The van der Waals surface area contributed by atoms with E-state index in [1.165, 1.54) is 6.42 Å². The van der Waals surface area contributed by atoms with Crippen molar-refractivity contribution in [2.24, 2.45) is 16.8 Å². The van der Waals surface area contributed by atoms with E-state index in [0.717, 1.165) is 31.5 Å². The first-order valence-corrected chi connectivity index (χ1v) is 11.6. The first-order chi connectivity index (χ1) is 16.5. The normalized spacial score (nSPS) is 16.8. The zero-order valence-corrected chi connectivity index (χ0v) is 19.2. The maximum Gasteiger partial charge on any atom is 0.343 e. The number of hydrogen-bond donors (Lipinski definition) is 3. The van der Waals surface area contributed by atoms with Crippen LogP contribution in [0.3, 0.4) is 0 Å². The zero-order chi connectivity index (χ0) is 24.1. The van der Waals surface area contributed by atoms with Gasteiger partial charge in [-0.15, -0.1) is 0 Å². The number of aromatic hydroxyl groups is 1. The Labute approximate surface area is 198 Å². The molecule has 8 heteroatoms. The van der Waals surface area contributed by atoms with E-state index in [2.05, 4.69) is 15.4 Å². The van der Waals surface area contributed by atoms with E-state index in [9.17, 15) is 14.7 Å². The summed E-state index contributed by atoms with van der Waals surface area (Å²) in [6.45, 7) is 4.28. The van der Waals surface area contributed by atoms with Crippen LogP contribution in [0.2, 0.25) is 0 Å². The van der Waals surface area contributed by atoms with Crippen molar-refractivity contribution >= 4 is 22.7 Å². The molecule has 2 aromatic carbocycles. The second-order valence-corrected chi connectivity index (χ2v) is 8.73. The molecule has 0 bridgehead atoms. The Morgan fingerprint density at radius 2 is 1.79 bits per heavy atom. The van der Waals surface area contributed by atoms with Crippen molar-refractivity contribution in [2.75, 3.05) is 19.6 Å². The van der Waals surface area contributed by atoms with Crippen molar-refractivity contribution in [3.8, 4) is 5.75 Å². The fourth-order valence-electron chi connectivity index (χ4n) is 4.81. The molecule has 1 aliphatic heterocycles. The van der Waals surface area contributed by atoms with Crippen molar-refractivity contribution < 1.29 is 14.3 Å². The molecule has 34 heavy (non-hydrogen) atoms. The quantitative estimate of drug-likeness (QED) is 0.280. The summed E-state index contributed by atoms with van der Waals surface area (Å²) in [5.74, 6) is -0.982. The van der Waals surface area contributed by atoms with Gasteiger partial charge in [-0.1, -0.05) is 48.9 Å². The van der Waals surface area contributed by atoms with E-state index in [0.29, 0.717) is 23.2 Å². The number of para-hydroxylation sites is 1. The highest BCUT2D eigenvalue weighted by Gasteiger charge is 2.35. The third-order valence-electron chi connectivity index (χ3n) is 6.47. The number of primary amides is 1. The second kappa shape index (κ2) is 10.5. The summed E-state index contributed by atoms with van der Waals surface area (Å²) in [6.07, 6.45) is 3.39. The number of benzene rings is 2. The second-order valence-electron chi connectivity index (χ2n) is 8.73. The Morgan fingerprint density at radius 3 is 2.50 bits per heavy atom. The minimum absolute atomic E-state index is 0.0972. The van der Waals surface area contributed by atoms with Gasteiger partial charge in [0.25, 0.3) is 0 Å². The van der Waals surface area contributed by atoms with Gasteiger partial charge in [-0.3, -0.25) is 0 Å². The number of nitrogens with two attached hydrogens (primary N) is 1. The number of hydrazone groups is 1. The topological polar surface area (TPSA) is 121 Å². The molecule has 2 unspecified atom stereocenters. The fourth-order valence-corrected chi connectivity index (χ4v) is 4.81. The van der Waals surface area contributed by atoms with Gasteiger partial charge in [-0.2, -0.15) is 5.10 Å². The lowest BCUT2D eigenvalue weighted by molar-refractivity contribution is 0.207. The van der Waals surface area contributed by atoms with E-state index in [1.54, 1.807) is 31.2 Å². The lowest BCUT2D eigenvalue weighted by atomic mass is 9.78. The van der Waals surface area contributed by atoms with Crippen LogP contribution in [0, 0.1) is 5.92 Å². The molecule has 1 fully saturated rings. The average Bonchev–Trinajstić information content (AvgIpc) is 2.85. The number of amides is 2. The van der Waals surface area contributed by atoms with Gasteiger partial charge in [0.15, 0.2) is 0 Å². The SMILES string of the molecule is C/C(=N/NC(N)=O)C(CN1CCCCC1)C(c1ccccc1)c1c(O)c2ccccc2oc1=O. The highest BCUT2D eigenvalue weighted by atomic mass is 16.4. The standard InChI is InChI=1S/C26H30N4O4/c1-17(28-29-26(27)33)20(16-30-14-8-3-9-15-30)22(18-10-4-2-5-11-18)23-24(31)19-12-6-7-13-21(19)34-25(23)32/h2,4-7,10-13,20,22,31H,3,8-9,14-16H2,1H3,(H3,27,29,33)/b28-17-. The Kier molecular flexibility index (Phi) is 7.27. The van der Waals surface area contributed by atoms with Gasteiger partial charge < -0.3 is 20.2 Å². The predicted molar refractivity (Wildman–Crippen MR) is 132 cm³/mol. The monoisotopic (exact) mass is 462 g/mol. The summed E-state index contributed by atoms with van der Waals surface area (Å²) in [6, 6.07) is 15.7. The minimum atomic E-state index is -0.764. The molecule has 1 saturated heterocycles. The summed E-state index contributed by atoms with van der Waals surface area (Å²) in [5, 5.41) is 16.0. The smallest absolute Gasteiger partial charge is 0.343 e. The van der Waals surface area contributed by atoms with Crippen molar-refractivity contribution in [1.29, 1.82) is 0 Å². The van der Waals surface area contributed by atoms with Gasteiger partial charge in [0.05, 0.1) is 10.9 Å². The summed E-state index contributed by atoms with van der Waals surface area (Å²) < 4.78 is 5.64. The largest absolute Gasteiger partial charge is 0.507 e. The molecule has 0 aliphatic carbocycles. The first kappa shape index (κ1) is 23.5. The number of nitrogens with one attached hydrogen (secondary N) is 1. The molecule has 4 rings (SSSR count). The molecule has 2 atom stereocenters. The molecule has 0 saturated carbocycles. The molecule has 1 aliphatic rings. The van der Waals surface area contributed by atoms with Gasteiger partial charge >= 0.3 is 11.7 Å². The van der Waals surface area contributed by atoms with Crippen molar-refractivity contribution in [1.82, 2.24) is 10.3 Å². The number of rotatable bonds is 7. The Bertz CT molecular complexity index is 1230. The van der Waals surface area contributed by atoms with E-state index >= 15 is 0 Å². The first-order valence-electron chi connectivity index (χ1n) is 11.6. The van der Waals surface area contributed by atoms with Gasteiger partial charge in [-0.25, -0.2) is 15.0 Å². The molecule has 0 radical (unpaired) electrons. The summed E-state index contributed by atoms with van der Waals surface area (Å²) >= 11 is 0. The molecule has 8 nitrogen and oxygen atoms in total. The van der Waals surface area contributed by atoms with E-state index < -0.39 is 17.6 Å². The van der Waals surface area contributed by atoms with Crippen molar-refractivity contribution in [2.45, 2.75) is 32.1 Å². The van der Waals surface area contributed by atoms with Crippen LogP contribution < -0.4 is 16.8 Å². The zero-order valence-electron chi connectivity index (χ0n) is 19.2. The van der Waals surface area contributed by atoms with Gasteiger partial charge in [0.1, 0.15) is 11.3 Å². The van der Waals surface area contributed by atoms with Crippen LogP contribution in [0.5, 0.6) is 5.75 Å². The van der Waals surface area contributed by atoms with Crippen LogP contribution in [0.15, 0.2) is 68.9 Å². The van der Waals surface area contributed by atoms with Gasteiger partial charge in [-0.05, 0) is 50.6 Å². The lowest BCUT2D eigenvalue weighted by Gasteiger charge is -2.34. The van der Waals surface area contributed by atoms with Gasteiger partial charge in [0.2, 0.25) is 0 Å².